The van der Waals surface area contributed by atoms with Gasteiger partial charge in [0.25, 0.3) is 0 Å². The summed E-state index contributed by atoms with van der Waals surface area (Å²) in [5.74, 6) is 0.161. The highest BCUT2D eigenvalue weighted by atomic mass is 19.1. The molecule has 6 heteroatoms. The van der Waals surface area contributed by atoms with Gasteiger partial charge < -0.3 is 15.5 Å². The van der Waals surface area contributed by atoms with Crippen molar-refractivity contribution in [2.75, 3.05) is 18.9 Å². The summed E-state index contributed by atoms with van der Waals surface area (Å²) in [6.45, 7) is 2.00. The topological polar surface area (TPSA) is 76.8 Å². The van der Waals surface area contributed by atoms with Gasteiger partial charge in [-0.05, 0) is 18.9 Å². The Labute approximate surface area is 91.8 Å². The van der Waals surface area contributed by atoms with Gasteiger partial charge in [0.2, 0.25) is 0 Å². The smallest absolute Gasteiger partial charge is 0.312 e. The molecule has 5 nitrogen and oxygen atoms in total. The van der Waals surface area contributed by atoms with E-state index in [1.165, 1.54) is 12.8 Å². The number of ether oxygens (including phenoxy) is 1. The van der Waals surface area contributed by atoms with Crippen LogP contribution in [0.25, 0.3) is 11.0 Å². The minimum absolute atomic E-state index is 0.161. The third-order valence-electron chi connectivity index (χ3n) is 2.25. The zero-order chi connectivity index (χ0) is 11.4. The van der Waals surface area contributed by atoms with Crippen LogP contribution in [-0.4, -0.2) is 28.2 Å². The number of aromatic amines is 1. The monoisotopic (exact) mass is 224 g/mol. The van der Waals surface area contributed by atoms with E-state index in [0.29, 0.717) is 11.0 Å². The molecule has 16 heavy (non-hydrogen) atoms. The summed E-state index contributed by atoms with van der Waals surface area (Å²) in [7, 11) is 0. The molecule has 0 unspecified atom stereocenters. The summed E-state index contributed by atoms with van der Waals surface area (Å²) in [6.07, 6.45) is 3.38. The fourth-order valence-electron chi connectivity index (χ4n) is 1.45. The quantitative estimate of drug-likeness (QED) is 0.664. The van der Waals surface area contributed by atoms with Crippen LogP contribution in [0.4, 0.5) is 10.2 Å². The number of hydrogen-bond acceptors (Lipinski definition) is 4. The van der Waals surface area contributed by atoms with Gasteiger partial charge in [-0.15, -0.1) is 0 Å². The van der Waals surface area contributed by atoms with Crippen molar-refractivity contribution in [2.45, 2.75) is 12.8 Å². The van der Waals surface area contributed by atoms with Crippen LogP contribution in [0.2, 0.25) is 0 Å². The second-order valence-electron chi connectivity index (χ2n) is 3.44. The van der Waals surface area contributed by atoms with E-state index in [1.54, 1.807) is 12.3 Å². The lowest BCUT2D eigenvalue weighted by atomic mass is 10.4. The molecule has 0 aliphatic carbocycles. The van der Waals surface area contributed by atoms with Gasteiger partial charge in [-0.1, -0.05) is 0 Å². The molecular formula is C10H13FN4O. The highest BCUT2D eigenvalue weighted by Gasteiger charge is 2.03. The van der Waals surface area contributed by atoms with E-state index >= 15 is 0 Å². The largest absolute Gasteiger partial charge is 0.383 e. The molecule has 1 fully saturated rings. The van der Waals surface area contributed by atoms with Crippen LogP contribution in [0.5, 0.6) is 0 Å². The third-order valence-corrected chi connectivity index (χ3v) is 2.25. The first-order chi connectivity index (χ1) is 7.77. The summed E-state index contributed by atoms with van der Waals surface area (Å²) in [4.78, 5) is 9.57. The number of rotatable bonds is 0. The van der Waals surface area contributed by atoms with Crippen molar-refractivity contribution in [3.63, 3.8) is 0 Å². The molecule has 3 rings (SSSR count). The maximum Gasteiger partial charge on any atom is 0.312 e. The molecule has 0 saturated carbocycles. The van der Waals surface area contributed by atoms with Crippen LogP contribution in [0.1, 0.15) is 12.8 Å². The normalized spacial score (nSPS) is 14.8. The molecule has 2 aromatic rings. The van der Waals surface area contributed by atoms with E-state index < -0.39 is 6.08 Å². The van der Waals surface area contributed by atoms with Crippen LogP contribution < -0.4 is 5.73 Å². The van der Waals surface area contributed by atoms with Crippen molar-refractivity contribution in [1.29, 1.82) is 0 Å². The lowest BCUT2D eigenvalue weighted by Crippen LogP contribution is -1.96. The van der Waals surface area contributed by atoms with E-state index in [2.05, 4.69) is 15.0 Å². The highest BCUT2D eigenvalue weighted by Crippen LogP contribution is 2.14. The Balaban J connectivity index is 0.000000162. The number of nitrogens with two attached hydrogens (primary N) is 1. The van der Waals surface area contributed by atoms with Gasteiger partial charge in [-0.25, -0.2) is 0 Å². The first-order valence-electron chi connectivity index (χ1n) is 5.11. The summed E-state index contributed by atoms with van der Waals surface area (Å²) in [5, 5.41) is 0.645. The second-order valence-corrected chi connectivity index (χ2v) is 3.44. The van der Waals surface area contributed by atoms with Gasteiger partial charge in [0, 0.05) is 19.4 Å². The minimum atomic E-state index is -0.808. The number of nitrogen functional groups attached to an aromatic ring is 1. The molecule has 0 spiro atoms. The molecule has 3 heterocycles. The molecule has 0 atom stereocenters. The highest BCUT2D eigenvalue weighted by molar-refractivity contribution is 5.85. The Morgan fingerprint density at radius 1 is 1.31 bits per heavy atom. The van der Waals surface area contributed by atoms with Crippen LogP contribution in [0, 0.1) is 6.08 Å². The summed E-state index contributed by atoms with van der Waals surface area (Å²) < 4.78 is 17.4. The first-order valence-corrected chi connectivity index (χ1v) is 5.11. The Morgan fingerprint density at radius 3 is 2.69 bits per heavy atom. The predicted octanol–water partition coefficient (Wildman–Crippen LogP) is 1.48. The van der Waals surface area contributed by atoms with Crippen LogP contribution in [0.3, 0.4) is 0 Å². The van der Waals surface area contributed by atoms with Crippen molar-refractivity contribution in [2.24, 2.45) is 0 Å². The average Bonchev–Trinajstić information content (AvgIpc) is 2.90. The fraction of sp³-hybridized carbons (Fsp3) is 0.400. The van der Waals surface area contributed by atoms with E-state index in [4.69, 9.17) is 10.5 Å². The van der Waals surface area contributed by atoms with Crippen LogP contribution >= 0.6 is 0 Å². The molecule has 0 radical (unpaired) electrons. The zero-order valence-corrected chi connectivity index (χ0v) is 8.74. The summed E-state index contributed by atoms with van der Waals surface area (Å²) in [6, 6.07) is 1.70. The van der Waals surface area contributed by atoms with Crippen LogP contribution in [0.15, 0.2) is 12.3 Å². The van der Waals surface area contributed by atoms with Gasteiger partial charge in [0.05, 0.1) is 5.39 Å². The molecule has 1 aliphatic heterocycles. The van der Waals surface area contributed by atoms with E-state index in [1.807, 2.05) is 0 Å². The molecule has 1 aliphatic rings. The van der Waals surface area contributed by atoms with Crippen molar-refractivity contribution in [3.8, 4) is 0 Å². The van der Waals surface area contributed by atoms with Gasteiger partial charge in [0.15, 0.2) is 0 Å². The second kappa shape index (κ2) is 4.89. The molecule has 0 aromatic carbocycles. The van der Waals surface area contributed by atoms with Crippen molar-refractivity contribution < 1.29 is 9.13 Å². The summed E-state index contributed by atoms with van der Waals surface area (Å²) >= 11 is 0. The number of nitrogens with zero attached hydrogens (tertiary/aromatic N) is 2. The first kappa shape index (κ1) is 10.8. The molecular weight excluding hydrogens is 211 g/mol. The predicted molar refractivity (Wildman–Crippen MR) is 58.3 cm³/mol. The Bertz CT molecular complexity index is 459. The molecule has 1 saturated heterocycles. The number of hydrogen-bond donors (Lipinski definition) is 2. The average molecular weight is 224 g/mol. The maximum absolute atomic E-state index is 12.5. The Hall–Kier alpha value is -1.69. The van der Waals surface area contributed by atoms with Gasteiger partial charge in [-0.3, -0.25) is 0 Å². The number of nitrogens with one attached hydrogen (secondary N) is 1. The molecule has 0 amide bonds. The lowest BCUT2D eigenvalue weighted by Gasteiger charge is -1.92. The van der Waals surface area contributed by atoms with Crippen molar-refractivity contribution in [1.82, 2.24) is 15.0 Å². The SMILES string of the molecule is C1CCOC1.Nc1nc(F)nc2[nH]ccc12. The number of anilines is 1. The van der Waals surface area contributed by atoms with Gasteiger partial charge in [0.1, 0.15) is 11.5 Å². The minimum Gasteiger partial charge on any atom is -0.383 e. The number of fused-ring (bicyclic) bond motifs is 1. The number of aromatic nitrogens is 3. The van der Waals surface area contributed by atoms with E-state index in [-0.39, 0.29) is 5.82 Å². The summed E-state index contributed by atoms with van der Waals surface area (Å²) in [5.41, 5.74) is 5.82. The lowest BCUT2D eigenvalue weighted by molar-refractivity contribution is 0.198. The maximum atomic E-state index is 12.5. The van der Waals surface area contributed by atoms with E-state index in [9.17, 15) is 4.39 Å². The van der Waals surface area contributed by atoms with Gasteiger partial charge >= 0.3 is 6.08 Å². The van der Waals surface area contributed by atoms with Crippen LogP contribution in [-0.2, 0) is 4.74 Å². The zero-order valence-electron chi connectivity index (χ0n) is 8.74. The van der Waals surface area contributed by atoms with E-state index in [0.717, 1.165) is 13.2 Å². The molecule has 2 aromatic heterocycles. The third kappa shape index (κ3) is 2.46. The van der Waals surface area contributed by atoms with Gasteiger partial charge in [-0.2, -0.15) is 14.4 Å². The molecule has 0 bridgehead atoms. The number of H-pyrrole nitrogens is 1. The Kier molecular flexibility index (Phi) is 3.31. The fourth-order valence-corrected chi connectivity index (χ4v) is 1.45. The Morgan fingerprint density at radius 2 is 2.06 bits per heavy atom. The number of halogens is 1. The standard InChI is InChI=1S/C6H5FN4.C4H8O/c7-6-10-4(8)3-1-2-9-5(3)11-6;1-2-4-5-3-1/h1-2H,(H3,8,9,10,11);1-4H2. The molecule has 3 N–H and O–H groups in total. The van der Waals surface area contributed by atoms with Crippen molar-refractivity contribution in [3.05, 3.63) is 18.3 Å². The van der Waals surface area contributed by atoms with Crippen molar-refractivity contribution >= 4 is 16.9 Å². The molecule has 86 valence electrons.